The Balaban J connectivity index is 1.52. The van der Waals surface area contributed by atoms with Crippen LogP contribution in [0.1, 0.15) is 30.9 Å². The summed E-state index contributed by atoms with van der Waals surface area (Å²) in [4.78, 5) is 16.6. The first-order valence-electron chi connectivity index (χ1n) is 10.8. The van der Waals surface area contributed by atoms with Gasteiger partial charge in [0.25, 0.3) is 5.91 Å². The third kappa shape index (κ3) is 4.97. The minimum Gasteiger partial charge on any atom is -0.493 e. The molecule has 2 N–H and O–H groups in total. The Hall–Kier alpha value is -3.88. The number of nitrogens with one attached hydrogen (secondary N) is 2. The molecule has 2 aromatic heterocycles. The van der Waals surface area contributed by atoms with Gasteiger partial charge < -0.3 is 14.8 Å². The molecule has 0 radical (unpaired) electrons. The summed E-state index contributed by atoms with van der Waals surface area (Å²) >= 11 is 0. The Morgan fingerprint density at radius 3 is 2.76 bits per heavy atom. The summed E-state index contributed by atoms with van der Waals surface area (Å²) in [7, 11) is 3.45. The van der Waals surface area contributed by atoms with Gasteiger partial charge in [-0.15, -0.1) is 0 Å². The molecule has 0 aliphatic rings. The zero-order valence-electron chi connectivity index (χ0n) is 19.5. The highest BCUT2D eigenvalue weighted by molar-refractivity contribution is 5.81. The number of aryl methyl sites for hydroxylation is 2. The van der Waals surface area contributed by atoms with Crippen LogP contribution in [0.4, 0.5) is 0 Å². The van der Waals surface area contributed by atoms with Crippen LogP contribution in [0.25, 0.3) is 22.3 Å². The number of rotatable bonds is 8. The van der Waals surface area contributed by atoms with Gasteiger partial charge in [0, 0.05) is 36.2 Å². The first-order chi connectivity index (χ1) is 15.8. The van der Waals surface area contributed by atoms with Crippen molar-refractivity contribution < 1.29 is 14.3 Å². The monoisotopic (exact) mass is 448 g/mol. The van der Waals surface area contributed by atoms with Crippen molar-refractivity contribution in [2.75, 3.05) is 13.7 Å². The number of hydrogen-bond donors (Lipinski definition) is 2. The number of fused-ring (bicyclic) bond motifs is 1. The Bertz CT molecular complexity index is 1290. The van der Waals surface area contributed by atoms with Crippen LogP contribution in [0, 0.1) is 6.92 Å². The van der Waals surface area contributed by atoms with E-state index in [9.17, 15) is 4.79 Å². The maximum atomic E-state index is 11.9. The van der Waals surface area contributed by atoms with Gasteiger partial charge in [0.1, 0.15) is 5.82 Å². The number of amides is 1. The van der Waals surface area contributed by atoms with E-state index in [0.29, 0.717) is 23.7 Å². The molecule has 0 spiro atoms. The highest BCUT2D eigenvalue weighted by atomic mass is 16.5. The molecule has 0 fully saturated rings. The molecule has 0 atom stereocenters. The second kappa shape index (κ2) is 9.32. The molecule has 4 rings (SSSR count). The number of nitrogens with zero attached hydrogens (tertiary/aromatic N) is 4. The summed E-state index contributed by atoms with van der Waals surface area (Å²) < 4.78 is 12.9. The SMILES string of the molecule is COc1cc(-c2nc(Cc3ccc4n[nH]c(C)c4c3)n(C)n2)ccc1OCC(=O)NC(C)C. The van der Waals surface area contributed by atoms with Crippen molar-refractivity contribution in [3.8, 4) is 22.9 Å². The Kier molecular flexibility index (Phi) is 6.30. The van der Waals surface area contributed by atoms with Crippen LogP contribution in [0.3, 0.4) is 0 Å². The van der Waals surface area contributed by atoms with E-state index in [0.717, 1.165) is 33.5 Å². The third-order valence-electron chi connectivity index (χ3n) is 5.25. The molecule has 1 amide bonds. The van der Waals surface area contributed by atoms with E-state index in [1.54, 1.807) is 17.9 Å². The highest BCUT2D eigenvalue weighted by Crippen LogP contribution is 2.31. The van der Waals surface area contributed by atoms with Crippen molar-refractivity contribution in [2.45, 2.75) is 33.2 Å². The lowest BCUT2D eigenvalue weighted by molar-refractivity contribution is -0.123. The van der Waals surface area contributed by atoms with Crippen molar-refractivity contribution in [1.82, 2.24) is 30.3 Å². The standard InChI is InChI=1S/C24H28N6O3/c1-14(2)25-23(31)13-33-20-9-7-17(12-21(20)32-5)24-26-22(30(4)29-24)11-16-6-8-19-18(10-16)15(3)27-28-19/h6-10,12,14H,11,13H2,1-5H3,(H,25,31)(H,27,28). The van der Waals surface area contributed by atoms with Gasteiger partial charge in [-0.25, -0.2) is 4.98 Å². The average molecular weight is 449 g/mol. The molecule has 0 aliphatic heterocycles. The quantitative estimate of drug-likeness (QED) is 0.429. The predicted octanol–water partition coefficient (Wildman–Crippen LogP) is 3.17. The van der Waals surface area contributed by atoms with E-state index in [1.165, 1.54) is 0 Å². The van der Waals surface area contributed by atoms with Gasteiger partial charge in [-0.05, 0) is 56.7 Å². The van der Waals surface area contributed by atoms with Crippen molar-refractivity contribution in [1.29, 1.82) is 0 Å². The molecule has 0 saturated heterocycles. The maximum Gasteiger partial charge on any atom is 0.258 e. The number of ether oxygens (including phenoxy) is 2. The zero-order valence-corrected chi connectivity index (χ0v) is 19.5. The second-order valence-electron chi connectivity index (χ2n) is 8.23. The number of hydrogen-bond acceptors (Lipinski definition) is 6. The molecule has 0 unspecified atom stereocenters. The molecule has 9 heteroatoms. The molecule has 172 valence electrons. The molecule has 9 nitrogen and oxygen atoms in total. The molecule has 0 aliphatic carbocycles. The van der Waals surface area contributed by atoms with E-state index >= 15 is 0 Å². The minimum absolute atomic E-state index is 0.0559. The van der Waals surface area contributed by atoms with Gasteiger partial charge in [0.2, 0.25) is 0 Å². The number of carbonyl (C=O) groups is 1. The van der Waals surface area contributed by atoms with Crippen molar-refractivity contribution in [2.24, 2.45) is 7.05 Å². The summed E-state index contributed by atoms with van der Waals surface area (Å²) in [5, 5.41) is 15.8. The van der Waals surface area contributed by atoms with E-state index in [2.05, 4.69) is 32.7 Å². The number of aromatic nitrogens is 5. The van der Waals surface area contributed by atoms with Gasteiger partial charge >= 0.3 is 0 Å². The third-order valence-corrected chi connectivity index (χ3v) is 5.25. The first kappa shape index (κ1) is 22.3. The van der Waals surface area contributed by atoms with Gasteiger partial charge in [-0.1, -0.05) is 6.07 Å². The lowest BCUT2D eigenvalue weighted by Crippen LogP contribution is -2.34. The lowest BCUT2D eigenvalue weighted by Gasteiger charge is -2.12. The Morgan fingerprint density at radius 1 is 1.18 bits per heavy atom. The molecular weight excluding hydrogens is 420 g/mol. The maximum absolute atomic E-state index is 11.9. The zero-order chi connectivity index (χ0) is 23.5. The highest BCUT2D eigenvalue weighted by Gasteiger charge is 2.15. The fourth-order valence-electron chi connectivity index (χ4n) is 3.60. The van der Waals surface area contributed by atoms with E-state index < -0.39 is 0 Å². The van der Waals surface area contributed by atoms with Crippen molar-refractivity contribution >= 4 is 16.8 Å². The molecule has 0 saturated carbocycles. The molecule has 2 heterocycles. The Labute approximate surface area is 192 Å². The van der Waals surface area contributed by atoms with E-state index in [-0.39, 0.29) is 18.6 Å². The van der Waals surface area contributed by atoms with Gasteiger partial charge in [-0.2, -0.15) is 10.2 Å². The number of aromatic amines is 1. The van der Waals surface area contributed by atoms with Crippen LogP contribution in [-0.2, 0) is 18.3 Å². The smallest absolute Gasteiger partial charge is 0.258 e. The Morgan fingerprint density at radius 2 is 2.00 bits per heavy atom. The fourth-order valence-corrected chi connectivity index (χ4v) is 3.60. The van der Waals surface area contributed by atoms with Gasteiger partial charge in [0.05, 0.1) is 12.6 Å². The molecule has 2 aromatic carbocycles. The van der Waals surface area contributed by atoms with Crippen LogP contribution < -0.4 is 14.8 Å². The second-order valence-corrected chi connectivity index (χ2v) is 8.23. The summed E-state index contributed by atoms with van der Waals surface area (Å²) in [6, 6.07) is 11.7. The fraction of sp³-hybridized carbons (Fsp3) is 0.333. The van der Waals surface area contributed by atoms with Crippen molar-refractivity contribution in [3.63, 3.8) is 0 Å². The molecule has 0 bridgehead atoms. The van der Waals surface area contributed by atoms with Gasteiger partial charge in [0.15, 0.2) is 23.9 Å². The normalized spacial score (nSPS) is 11.2. The number of methoxy groups -OCH3 is 1. The largest absolute Gasteiger partial charge is 0.493 e. The lowest BCUT2D eigenvalue weighted by atomic mass is 10.1. The first-order valence-corrected chi connectivity index (χ1v) is 10.8. The molecule has 33 heavy (non-hydrogen) atoms. The number of benzene rings is 2. The summed E-state index contributed by atoms with van der Waals surface area (Å²) in [6.45, 7) is 5.73. The number of H-pyrrole nitrogens is 1. The molecule has 4 aromatic rings. The van der Waals surface area contributed by atoms with Crippen LogP contribution in [0.15, 0.2) is 36.4 Å². The average Bonchev–Trinajstić information content (AvgIpc) is 3.34. The van der Waals surface area contributed by atoms with E-state index in [1.807, 2.05) is 46.0 Å². The van der Waals surface area contributed by atoms with Crippen LogP contribution in [0.5, 0.6) is 11.5 Å². The summed E-state index contributed by atoms with van der Waals surface area (Å²) in [6.07, 6.45) is 0.646. The number of carbonyl (C=O) groups excluding carboxylic acids is 1. The van der Waals surface area contributed by atoms with E-state index in [4.69, 9.17) is 14.5 Å². The van der Waals surface area contributed by atoms with Crippen LogP contribution in [-0.4, -0.2) is 50.6 Å². The van der Waals surface area contributed by atoms with Crippen LogP contribution in [0.2, 0.25) is 0 Å². The topological polar surface area (TPSA) is 107 Å². The predicted molar refractivity (Wildman–Crippen MR) is 125 cm³/mol. The molecular formula is C24H28N6O3. The summed E-state index contributed by atoms with van der Waals surface area (Å²) in [5.41, 5.74) is 3.93. The summed E-state index contributed by atoms with van der Waals surface area (Å²) in [5.74, 6) is 2.25. The minimum atomic E-state index is -0.184. The van der Waals surface area contributed by atoms with Crippen molar-refractivity contribution in [3.05, 3.63) is 53.5 Å². The van der Waals surface area contributed by atoms with Crippen LogP contribution >= 0.6 is 0 Å². The van der Waals surface area contributed by atoms with Gasteiger partial charge in [-0.3, -0.25) is 14.6 Å².